The number of urea groups is 1. The van der Waals surface area contributed by atoms with Crippen LogP contribution in [-0.2, 0) is 10.9 Å². The Morgan fingerprint density at radius 2 is 1.35 bits per heavy atom. The molecule has 0 fully saturated rings. The summed E-state index contributed by atoms with van der Waals surface area (Å²) in [5.74, 6) is -0.558. The van der Waals surface area contributed by atoms with E-state index in [1.807, 2.05) is 0 Å². The van der Waals surface area contributed by atoms with Gasteiger partial charge in [-0.2, -0.15) is 13.2 Å². The minimum atomic E-state index is -4.56. The van der Waals surface area contributed by atoms with E-state index in [0.717, 1.165) is 19.2 Å². The summed E-state index contributed by atoms with van der Waals surface area (Å²) in [5.41, 5.74) is 0.185. The molecule has 1 atom stereocenters. The molecule has 0 heterocycles. The normalized spacial score (nSPS) is 11.7. The van der Waals surface area contributed by atoms with Crippen LogP contribution in [0.2, 0.25) is 0 Å². The Morgan fingerprint density at radius 3 is 1.93 bits per heavy atom. The van der Waals surface area contributed by atoms with Crippen LogP contribution < -0.4 is 24.8 Å². The van der Waals surface area contributed by atoms with Crippen LogP contribution in [0.3, 0.4) is 0 Å². The van der Waals surface area contributed by atoms with Gasteiger partial charge in [-0.05, 0) is 65.7 Å². The Kier molecular flexibility index (Phi) is 9.39. The zero-order valence-corrected chi connectivity index (χ0v) is 23.1. The number of rotatable bonds is 9. The summed E-state index contributed by atoms with van der Waals surface area (Å²) in [6.07, 6.45) is -5.66. The van der Waals surface area contributed by atoms with Gasteiger partial charge in [0.15, 0.2) is 11.5 Å². The van der Waals surface area contributed by atoms with E-state index in [2.05, 4.69) is 10.6 Å². The smallest absolute Gasteiger partial charge is 0.416 e. The van der Waals surface area contributed by atoms with Gasteiger partial charge in [-0.3, -0.25) is 0 Å². The number of nitrogens with one attached hydrogen (secondary N) is 2. The van der Waals surface area contributed by atoms with Crippen LogP contribution in [0.25, 0.3) is 0 Å². The van der Waals surface area contributed by atoms with Gasteiger partial charge in [-0.1, -0.05) is 24.3 Å². The SMILES string of the molecule is COC(=O)c1cc(NC(=O)Nc2ccc(OC)c(OC)c2)ccc1OC(c1ccc(C(F)(F)F)cc1)c1cccc(F)c1. The molecule has 0 aliphatic rings. The minimum absolute atomic E-state index is 0.0214. The van der Waals surface area contributed by atoms with Crippen molar-refractivity contribution in [1.82, 2.24) is 0 Å². The first-order chi connectivity index (χ1) is 20.5. The molecule has 0 aliphatic carbocycles. The molecule has 0 aliphatic heterocycles. The highest BCUT2D eigenvalue weighted by molar-refractivity contribution is 6.01. The van der Waals surface area contributed by atoms with E-state index >= 15 is 0 Å². The van der Waals surface area contributed by atoms with Crippen LogP contribution in [0.5, 0.6) is 17.2 Å². The quantitative estimate of drug-likeness (QED) is 0.153. The zero-order valence-electron chi connectivity index (χ0n) is 23.1. The molecule has 0 aromatic heterocycles. The number of amides is 2. The molecule has 2 N–H and O–H groups in total. The summed E-state index contributed by atoms with van der Waals surface area (Å²) >= 11 is 0. The van der Waals surface area contributed by atoms with Crippen molar-refractivity contribution in [2.75, 3.05) is 32.0 Å². The summed E-state index contributed by atoms with van der Waals surface area (Å²) in [7, 11) is 4.08. The monoisotopic (exact) mass is 598 g/mol. The maximum absolute atomic E-state index is 14.1. The van der Waals surface area contributed by atoms with E-state index < -0.39 is 35.7 Å². The number of esters is 1. The lowest BCUT2D eigenvalue weighted by molar-refractivity contribution is -0.137. The van der Waals surface area contributed by atoms with E-state index in [1.54, 1.807) is 18.2 Å². The van der Waals surface area contributed by atoms with Gasteiger partial charge < -0.3 is 29.6 Å². The molecule has 4 aromatic carbocycles. The van der Waals surface area contributed by atoms with Crippen molar-refractivity contribution >= 4 is 23.4 Å². The van der Waals surface area contributed by atoms with Gasteiger partial charge >= 0.3 is 18.2 Å². The number of ether oxygens (including phenoxy) is 4. The summed E-state index contributed by atoms with van der Waals surface area (Å²) in [6.45, 7) is 0. The third-order valence-corrected chi connectivity index (χ3v) is 6.22. The Labute approximate surface area is 244 Å². The Bertz CT molecular complexity index is 1610. The highest BCUT2D eigenvalue weighted by atomic mass is 19.4. The van der Waals surface area contributed by atoms with Crippen molar-refractivity contribution in [2.45, 2.75) is 12.3 Å². The first kappa shape index (κ1) is 30.7. The second-order valence-electron chi connectivity index (χ2n) is 9.02. The molecule has 0 radical (unpaired) electrons. The largest absolute Gasteiger partial charge is 0.493 e. The standard InChI is InChI=1S/C31H26F4N2O6/c1-40-26-14-12-23(17-27(26)41-2)37-30(39)36-22-11-13-25(24(16-22)29(38)42-3)43-28(19-5-4-6-21(32)15-19)18-7-9-20(10-8-18)31(33,34)35/h4-17,28H,1-3H3,(H2,36,37,39). The van der Waals surface area contributed by atoms with Gasteiger partial charge in [-0.15, -0.1) is 0 Å². The molecular formula is C31H26F4N2O6. The molecular weight excluding hydrogens is 572 g/mol. The lowest BCUT2D eigenvalue weighted by atomic mass is 9.99. The molecule has 4 rings (SSSR count). The summed E-state index contributed by atoms with van der Waals surface area (Å²) in [5, 5.41) is 5.25. The van der Waals surface area contributed by atoms with Crippen molar-refractivity contribution in [1.29, 1.82) is 0 Å². The Hall–Kier alpha value is -5.26. The molecule has 12 heteroatoms. The number of alkyl halides is 3. The first-order valence-corrected chi connectivity index (χ1v) is 12.6. The summed E-state index contributed by atoms with van der Waals surface area (Å²) in [6, 6.07) is 17.8. The highest BCUT2D eigenvalue weighted by Gasteiger charge is 2.31. The van der Waals surface area contributed by atoms with Crippen LogP contribution in [-0.4, -0.2) is 33.3 Å². The van der Waals surface area contributed by atoms with Gasteiger partial charge in [0.1, 0.15) is 23.2 Å². The number of anilines is 2. The average molecular weight is 599 g/mol. The Balaban J connectivity index is 1.63. The Morgan fingerprint density at radius 1 is 0.721 bits per heavy atom. The van der Waals surface area contributed by atoms with Crippen LogP contribution in [0, 0.1) is 5.82 Å². The van der Waals surface area contributed by atoms with E-state index in [9.17, 15) is 27.2 Å². The predicted octanol–water partition coefficient (Wildman–Crippen LogP) is 7.46. The van der Waals surface area contributed by atoms with Crippen LogP contribution in [0.4, 0.5) is 33.7 Å². The predicted molar refractivity (Wildman–Crippen MR) is 150 cm³/mol. The molecule has 0 saturated heterocycles. The van der Waals surface area contributed by atoms with Crippen molar-refractivity contribution < 1.29 is 46.1 Å². The van der Waals surface area contributed by atoms with Crippen molar-refractivity contribution in [3.8, 4) is 17.2 Å². The molecule has 0 bridgehead atoms. The summed E-state index contributed by atoms with van der Waals surface area (Å²) in [4.78, 5) is 25.4. The minimum Gasteiger partial charge on any atom is -0.493 e. The van der Waals surface area contributed by atoms with Crippen molar-refractivity contribution in [3.05, 3.63) is 113 Å². The number of benzene rings is 4. The topological polar surface area (TPSA) is 95.1 Å². The third-order valence-electron chi connectivity index (χ3n) is 6.22. The van der Waals surface area contributed by atoms with E-state index in [0.29, 0.717) is 17.2 Å². The van der Waals surface area contributed by atoms with E-state index in [-0.39, 0.29) is 28.1 Å². The van der Waals surface area contributed by atoms with Crippen LogP contribution in [0.15, 0.2) is 84.9 Å². The lowest BCUT2D eigenvalue weighted by Gasteiger charge is -2.22. The van der Waals surface area contributed by atoms with Crippen molar-refractivity contribution in [3.63, 3.8) is 0 Å². The number of hydrogen-bond donors (Lipinski definition) is 2. The highest BCUT2D eigenvalue weighted by Crippen LogP contribution is 2.35. The molecule has 8 nitrogen and oxygen atoms in total. The fourth-order valence-electron chi connectivity index (χ4n) is 4.16. The third kappa shape index (κ3) is 7.53. The molecule has 4 aromatic rings. The number of hydrogen-bond acceptors (Lipinski definition) is 6. The van der Waals surface area contributed by atoms with Crippen LogP contribution in [0.1, 0.15) is 33.2 Å². The maximum Gasteiger partial charge on any atom is 0.416 e. The number of methoxy groups -OCH3 is 3. The molecule has 0 spiro atoms. The number of carbonyl (C=O) groups excluding carboxylic acids is 2. The maximum atomic E-state index is 14.1. The number of carbonyl (C=O) groups is 2. The van der Waals surface area contributed by atoms with Crippen molar-refractivity contribution in [2.24, 2.45) is 0 Å². The lowest BCUT2D eigenvalue weighted by Crippen LogP contribution is -2.20. The zero-order chi connectivity index (χ0) is 31.1. The van der Waals surface area contributed by atoms with Gasteiger partial charge in [-0.25, -0.2) is 14.0 Å². The second-order valence-corrected chi connectivity index (χ2v) is 9.02. The molecule has 2 amide bonds. The van der Waals surface area contributed by atoms with E-state index in [4.69, 9.17) is 18.9 Å². The fourth-order valence-corrected chi connectivity index (χ4v) is 4.16. The second kappa shape index (κ2) is 13.1. The average Bonchev–Trinajstić information content (AvgIpc) is 2.99. The van der Waals surface area contributed by atoms with Gasteiger partial charge in [0, 0.05) is 17.4 Å². The molecule has 224 valence electrons. The molecule has 1 unspecified atom stereocenters. The fraction of sp³-hybridized carbons (Fsp3) is 0.161. The van der Waals surface area contributed by atoms with E-state index in [1.165, 1.54) is 68.8 Å². The van der Waals surface area contributed by atoms with Crippen LogP contribution >= 0.6 is 0 Å². The van der Waals surface area contributed by atoms with Gasteiger partial charge in [0.25, 0.3) is 0 Å². The van der Waals surface area contributed by atoms with Gasteiger partial charge in [0.05, 0.1) is 26.9 Å². The first-order valence-electron chi connectivity index (χ1n) is 12.6. The molecule has 43 heavy (non-hydrogen) atoms. The molecule has 0 saturated carbocycles. The number of halogens is 4. The van der Waals surface area contributed by atoms with Gasteiger partial charge in [0.2, 0.25) is 0 Å². The summed E-state index contributed by atoms with van der Waals surface area (Å²) < 4.78 is 75.1.